The minimum atomic E-state index is -2.77. The molecule has 0 aliphatic carbocycles. The third-order valence-electron chi connectivity index (χ3n) is 4.65. The van der Waals surface area contributed by atoms with E-state index in [-0.39, 0.29) is 29.2 Å². The van der Waals surface area contributed by atoms with Crippen molar-refractivity contribution >= 4 is 11.7 Å². The number of hydrogen-bond donors (Lipinski definition) is 0. The van der Waals surface area contributed by atoms with Gasteiger partial charge in [0.25, 0.3) is 18.1 Å². The van der Waals surface area contributed by atoms with Gasteiger partial charge in [-0.05, 0) is 43.5 Å². The fraction of sp³-hybridized carbons (Fsp3) is 0.333. The van der Waals surface area contributed by atoms with E-state index in [4.69, 9.17) is 0 Å². The molecule has 0 N–H and O–H groups in total. The predicted molar refractivity (Wildman–Crippen MR) is 89.9 cm³/mol. The van der Waals surface area contributed by atoms with Gasteiger partial charge < -0.3 is 4.90 Å². The second-order valence-electron chi connectivity index (χ2n) is 6.48. The number of rotatable bonds is 3. The Labute approximate surface area is 152 Å². The van der Waals surface area contributed by atoms with Crippen LogP contribution in [0.1, 0.15) is 52.9 Å². The van der Waals surface area contributed by atoms with E-state index in [9.17, 15) is 18.0 Å². The number of halogens is 3. The summed E-state index contributed by atoms with van der Waals surface area (Å²) in [5.41, 5.74) is 0.823. The molecule has 1 atom stereocenters. The molecule has 27 heavy (non-hydrogen) atoms. The Morgan fingerprint density at radius 1 is 1.22 bits per heavy atom. The molecule has 140 valence electrons. The standard InChI is InChI=1S/C18H16F3N5O/c1-10-9-14(15(20)21)26-18(22-10)23-16(24-26)17(27)25-8-2-3-13(25)11-4-6-12(19)7-5-11/h4-7,9,13,15H,2-3,8H2,1H3/t13-/m0/s1. The molecule has 1 fully saturated rings. The van der Waals surface area contributed by atoms with Crippen molar-refractivity contribution in [1.29, 1.82) is 0 Å². The fourth-order valence-electron chi connectivity index (χ4n) is 3.43. The maximum Gasteiger partial charge on any atom is 0.294 e. The topological polar surface area (TPSA) is 63.4 Å². The van der Waals surface area contributed by atoms with E-state index in [2.05, 4.69) is 15.1 Å². The van der Waals surface area contributed by atoms with Crippen LogP contribution in [0.3, 0.4) is 0 Å². The van der Waals surface area contributed by atoms with E-state index in [0.717, 1.165) is 22.9 Å². The van der Waals surface area contributed by atoms with E-state index in [0.29, 0.717) is 12.2 Å². The summed E-state index contributed by atoms with van der Waals surface area (Å²) in [6.07, 6.45) is -1.26. The lowest BCUT2D eigenvalue weighted by Crippen LogP contribution is -2.31. The van der Waals surface area contributed by atoms with Gasteiger partial charge in [-0.15, -0.1) is 5.10 Å². The Morgan fingerprint density at radius 2 is 1.96 bits per heavy atom. The van der Waals surface area contributed by atoms with Crippen LogP contribution in [0.2, 0.25) is 0 Å². The van der Waals surface area contributed by atoms with Gasteiger partial charge in [-0.3, -0.25) is 4.79 Å². The first-order chi connectivity index (χ1) is 12.9. The van der Waals surface area contributed by atoms with Gasteiger partial charge in [0.05, 0.1) is 6.04 Å². The van der Waals surface area contributed by atoms with Crippen LogP contribution >= 0.6 is 0 Å². The Morgan fingerprint density at radius 3 is 2.67 bits per heavy atom. The SMILES string of the molecule is Cc1cc(C(F)F)n2nc(C(=O)N3CCC[C@H]3c3ccc(F)cc3)nc2n1. The summed E-state index contributed by atoms with van der Waals surface area (Å²) in [5, 5.41) is 3.97. The number of aryl methyl sites for hydroxylation is 1. The van der Waals surface area contributed by atoms with Crippen LogP contribution in [0, 0.1) is 12.7 Å². The second kappa shape index (κ2) is 6.64. The normalized spacial score (nSPS) is 17.2. The average Bonchev–Trinajstić information content (AvgIpc) is 3.27. The predicted octanol–water partition coefficient (Wildman–Crippen LogP) is 3.49. The number of carbonyl (C=O) groups excluding carboxylic acids is 1. The highest BCUT2D eigenvalue weighted by Crippen LogP contribution is 2.33. The minimum Gasteiger partial charge on any atom is -0.329 e. The second-order valence-corrected chi connectivity index (χ2v) is 6.48. The highest BCUT2D eigenvalue weighted by molar-refractivity contribution is 5.91. The van der Waals surface area contributed by atoms with Crippen molar-refractivity contribution in [3.63, 3.8) is 0 Å². The van der Waals surface area contributed by atoms with E-state index >= 15 is 0 Å². The fourth-order valence-corrected chi connectivity index (χ4v) is 3.43. The van der Waals surface area contributed by atoms with Gasteiger partial charge in [-0.25, -0.2) is 18.2 Å². The first-order valence-electron chi connectivity index (χ1n) is 8.53. The third kappa shape index (κ3) is 3.13. The summed E-state index contributed by atoms with van der Waals surface area (Å²) in [5.74, 6) is -1.02. The van der Waals surface area contributed by atoms with Crippen LogP contribution in [0.5, 0.6) is 0 Å². The largest absolute Gasteiger partial charge is 0.329 e. The van der Waals surface area contributed by atoms with Crippen molar-refractivity contribution in [1.82, 2.24) is 24.5 Å². The van der Waals surface area contributed by atoms with Gasteiger partial charge in [0.15, 0.2) is 0 Å². The molecule has 3 heterocycles. The number of carbonyl (C=O) groups is 1. The molecule has 0 bridgehead atoms. The zero-order valence-electron chi connectivity index (χ0n) is 14.4. The molecule has 1 amide bonds. The molecule has 2 aromatic heterocycles. The Balaban J connectivity index is 1.69. The Bertz CT molecular complexity index is 1000. The molecule has 0 radical (unpaired) electrons. The van der Waals surface area contributed by atoms with Crippen LogP contribution in [0.15, 0.2) is 30.3 Å². The molecule has 1 aliphatic heterocycles. The number of alkyl halides is 2. The van der Waals surface area contributed by atoms with Gasteiger partial charge >= 0.3 is 0 Å². The first-order valence-corrected chi connectivity index (χ1v) is 8.53. The van der Waals surface area contributed by atoms with E-state index < -0.39 is 12.3 Å². The summed E-state index contributed by atoms with van der Waals surface area (Å²) in [6.45, 7) is 2.07. The number of hydrogen-bond acceptors (Lipinski definition) is 4. The first kappa shape index (κ1) is 17.4. The molecule has 9 heteroatoms. The van der Waals surface area contributed by atoms with Gasteiger partial charge in [-0.2, -0.15) is 9.50 Å². The highest BCUT2D eigenvalue weighted by Gasteiger charge is 2.33. The molecule has 3 aromatic rings. The number of aromatic nitrogens is 4. The summed E-state index contributed by atoms with van der Waals surface area (Å²) in [6, 6.07) is 6.97. The Kier molecular flexibility index (Phi) is 4.29. The van der Waals surface area contributed by atoms with Crippen LogP contribution in [0.25, 0.3) is 5.78 Å². The van der Waals surface area contributed by atoms with Crippen LogP contribution in [0.4, 0.5) is 13.2 Å². The molecular formula is C18H16F3N5O. The quantitative estimate of drug-likeness (QED) is 0.703. The number of fused-ring (bicyclic) bond motifs is 1. The van der Waals surface area contributed by atoms with E-state index in [1.54, 1.807) is 24.0 Å². The monoisotopic (exact) mass is 375 g/mol. The average molecular weight is 375 g/mol. The zero-order valence-corrected chi connectivity index (χ0v) is 14.4. The molecule has 1 aliphatic rings. The summed E-state index contributed by atoms with van der Waals surface area (Å²) in [4.78, 5) is 22.7. The van der Waals surface area contributed by atoms with Crippen molar-refractivity contribution in [3.8, 4) is 0 Å². The summed E-state index contributed by atoms with van der Waals surface area (Å²) >= 11 is 0. The molecule has 0 saturated carbocycles. The zero-order chi connectivity index (χ0) is 19.1. The summed E-state index contributed by atoms with van der Waals surface area (Å²) in [7, 11) is 0. The Hall–Kier alpha value is -2.97. The molecule has 4 rings (SSSR count). The van der Waals surface area contributed by atoms with Crippen LogP contribution < -0.4 is 0 Å². The number of amides is 1. The van der Waals surface area contributed by atoms with Crippen LogP contribution in [-0.2, 0) is 0 Å². The molecular weight excluding hydrogens is 359 g/mol. The van der Waals surface area contributed by atoms with E-state index in [1.165, 1.54) is 18.2 Å². The van der Waals surface area contributed by atoms with Crippen molar-refractivity contribution in [2.24, 2.45) is 0 Å². The van der Waals surface area contributed by atoms with Gasteiger partial charge in [0.1, 0.15) is 11.5 Å². The van der Waals surface area contributed by atoms with Crippen molar-refractivity contribution in [3.05, 3.63) is 58.9 Å². The smallest absolute Gasteiger partial charge is 0.294 e. The maximum absolute atomic E-state index is 13.3. The van der Waals surface area contributed by atoms with Crippen molar-refractivity contribution in [2.75, 3.05) is 6.54 Å². The molecule has 6 nitrogen and oxygen atoms in total. The van der Waals surface area contributed by atoms with Crippen molar-refractivity contribution < 1.29 is 18.0 Å². The molecule has 0 spiro atoms. The lowest BCUT2D eigenvalue weighted by atomic mass is 10.0. The van der Waals surface area contributed by atoms with Gasteiger partial charge in [-0.1, -0.05) is 12.1 Å². The van der Waals surface area contributed by atoms with Crippen LogP contribution in [-0.4, -0.2) is 36.9 Å². The third-order valence-corrected chi connectivity index (χ3v) is 4.65. The summed E-state index contributed by atoms with van der Waals surface area (Å²) < 4.78 is 40.6. The highest BCUT2D eigenvalue weighted by atomic mass is 19.3. The van der Waals surface area contributed by atoms with Crippen molar-refractivity contribution in [2.45, 2.75) is 32.2 Å². The molecule has 1 aromatic carbocycles. The number of nitrogens with zero attached hydrogens (tertiary/aromatic N) is 5. The lowest BCUT2D eigenvalue weighted by Gasteiger charge is -2.23. The maximum atomic E-state index is 13.3. The number of likely N-dealkylation sites (tertiary alicyclic amines) is 1. The van der Waals surface area contributed by atoms with Gasteiger partial charge in [0.2, 0.25) is 5.82 Å². The van der Waals surface area contributed by atoms with E-state index in [1.807, 2.05) is 0 Å². The lowest BCUT2D eigenvalue weighted by molar-refractivity contribution is 0.0722. The van der Waals surface area contributed by atoms with Gasteiger partial charge in [0, 0.05) is 12.2 Å². The molecule has 1 saturated heterocycles. The minimum absolute atomic E-state index is 0.0359. The molecule has 0 unspecified atom stereocenters. The number of benzene rings is 1.